The predicted octanol–water partition coefficient (Wildman–Crippen LogP) is 3.79. The van der Waals surface area contributed by atoms with Crippen molar-refractivity contribution in [3.63, 3.8) is 0 Å². The van der Waals surface area contributed by atoms with Crippen molar-refractivity contribution in [2.45, 2.75) is 46.3 Å². The standard InChI is InChI=1S/C15H24ClNO/c1-11(18)9-15(3,4)10-17-12(2)13-6-5-7-14(16)8-13/h5-8,11-12,17-18H,9-10H2,1-4H3. The Bertz CT molecular complexity index is 377. The molecule has 0 aliphatic carbocycles. The monoisotopic (exact) mass is 269 g/mol. The topological polar surface area (TPSA) is 32.3 Å². The van der Waals surface area contributed by atoms with Gasteiger partial charge in [0.05, 0.1) is 6.10 Å². The summed E-state index contributed by atoms with van der Waals surface area (Å²) in [6.45, 7) is 9.16. The van der Waals surface area contributed by atoms with Crippen molar-refractivity contribution < 1.29 is 5.11 Å². The van der Waals surface area contributed by atoms with Crippen molar-refractivity contribution in [3.05, 3.63) is 34.9 Å². The lowest BCUT2D eigenvalue weighted by atomic mass is 9.86. The zero-order valence-corrected chi connectivity index (χ0v) is 12.5. The first-order valence-corrected chi connectivity index (χ1v) is 6.85. The molecular weight excluding hydrogens is 246 g/mol. The maximum absolute atomic E-state index is 9.46. The van der Waals surface area contributed by atoms with Gasteiger partial charge in [-0.1, -0.05) is 37.6 Å². The van der Waals surface area contributed by atoms with Crippen molar-refractivity contribution >= 4 is 11.6 Å². The largest absolute Gasteiger partial charge is 0.393 e. The number of aliphatic hydroxyl groups excluding tert-OH is 1. The minimum absolute atomic E-state index is 0.0843. The molecule has 0 saturated carbocycles. The predicted molar refractivity (Wildman–Crippen MR) is 77.9 cm³/mol. The zero-order valence-electron chi connectivity index (χ0n) is 11.7. The van der Waals surface area contributed by atoms with E-state index >= 15 is 0 Å². The summed E-state index contributed by atoms with van der Waals surface area (Å²) < 4.78 is 0. The van der Waals surface area contributed by atoms with Gasteiger partial charge in [-0.25, -0.2) is 0 Å². The molecule has 2 atom stereocenters. The first-order valence-electron chi connectivity index (χ1n) is 6.47. The number of hydrogen-bond acceptors (Lipinski definition) is 2. The number of nitrogens with one attached hydrogen (secondary N) is 1. The summed E-state index contributed by atoms with van der Waals surface area (Å²) in [5, 5.41) is 13.7. The third-order valence-corrected chi connectivity index (χ3v) is 3.32. The number of hydrogen-bond donors (Lipinski definition) is 2. The van der Waals surface area contributed by atoms with E-state index < -0.39 is 0 Å². The molecule has 0 aliphatic heterocycles. The van der Waals surface area contributed by atoms with Gasteiger partial charge in [-0.2, -0.15) is 0 Å². The molecule has 0 spiro atoms. The van der Waals surface area contributed by atoms with Crippen molar-refractivity contribution in [3.8, 4) is 0 Å². The summed E-state index contributed by atoms with van der Waals surface area (Å²) in [5.41, 5.74) is 1.27. The third kappa shape index (κ3) is 5.38. The molecule has 0 radical (unpaired) electrons. The van der Waals surface area contributed by atoms with Crippen molar-refractivity contribution in [2.75, 3.05) is 6.54 Å². The van der Waals surface area contributed by atoms with Crippen LogP contribution in [0.1, 0.15) is 45.7 Å². The quantitative estimate of drug-likeness (QED) is 0.824. The molecule has 0 amide bonds. The van der Waals surface area contributed by atoms with Gasteiger partial charge in [0, 0.05) is 17.6 Å². The van der Waals surface area contributed by atoms with Gasteiger partial charge < -0.3 is 10.4 Å². The first kappa shape index (κ1) is 15.5. The highest BCUT2D eigenvalue weighted by atomic mass is 35.5. The van der Waals surface area contributed by atoms with Gasteiger partial charge in [0.25, 0.3) is 0 Å². The van der Waals surface area contributed by atoms with E-state index in [4.69, 9.17) is 11.6 Å². The van der Waals surface area contributed by atoms with Crippen LogP contribution in [0.3, 0.4) is 0 Å². The molecule has 2 N–H and O–H groups in total. The zero-order chi connectivity index (χ0) is 13.8. The Morgan fingerprint density at radius 3 is 2.56 bits per heavy atom. The number of halogens is 1. The maximum Gasteiger partial charge on any atom is 0.0517 e. The lowest BCUT2D eigenvalue weighted by Crippen LogP contribution is -2.33. The van der Waals surface area contributed by atoms with Gasteiger partial charge in [-0.3, -0.25) is 0 Å². The Labute approximate surface area is 115 Å². The Balaban J connectivity index is 2.53. The molecule has 0 aliphatic rings. The van der Waals surface area contributed by atoms with Crippen LogP contribution in [-0.2, 0) is 0 Å². The fourth-order valence-electron chi connectivity index (χ4n) is 2.20. The smallest absolute Gasteiger partial charge is 0.0517 e. The van der Waals surface area contributed by atoms with Crippen LogP contribution in [0.5, 0.6) is 0 Å². The van der Waals surface area contributed by atoms with Gasteiger partial charge in [-0.05, 0) is 43.4 Å². The summed E-state index contributed by atoms with van der Waals surface area (Å²) >= 11 is 5.99. The molecule has 1 aromatic carbocycles. The van der Waals surface area contributed by atoms with Gasteiger partial charge in [0.15, 0.2) is 0 Å². The molecule has 0 fully saturated rings. The summed E-state index contributed by atoms with van der Waals surface area (Å²) in [6, 6.07) is 8.18. The van der Waals surface area contributed by atoms with Gasteiger partial charge in [-0.15, -0.1) is 0 Å². The molecule has 0 bridgehead atoms. The molecule has 3 heteroatoms. The Kier molecular flexibility index (Phi) is 5.64. The van der Waals surface area contributed by atoms with E-state index in [1.54, 1.807) is 0 Å². The lowest BCUT2D eigenvalue weighted by molar-refractivity contribution is 0.127. The molecule has 0 heterocycles. The van der Waals surface area contributed by atoms with Crippen LogP contribution in [0.2, 0.25) is 5.02 Å². The number of benzene rings is 1. The fraction of sp³-hybridized carbons (Fsp3) is 0.600. The molecule has 1 rings (SSSR count). The van der Waals surface area contributed by atoms with Crippen LogP contribution in [-0.4, -0.2) is 17.8 Å². The lowest BCUT2D eigenvalue weighted by Gasteiger charge is -2.28. The molecule has 102 valence electrons. The second-order valence-electron chi connectivity index (χ2n) is 5.87. The van der Waals surface area contributed by atoms with Crippen LogP contribution >= 0.6 is 11.6 Å². The molecule has 0 aromatic heterocycles. The highest BCUT2D eigenvalue weighted by Gasteiger charge is 2.21. The minimum atomic E-state index is -0.261. The van der Waals surface area contributed by atoms with E-state index in [0.29, 0.717) is 0 Å². The van der Waals surface area contributed by atoms with Crippen molar-refractivity contribution in [1.29, 1.82) is 0 Å². The number of rotatable bonds is 6. The van der Waals surface area contributed by atoms with Crippen molar-refractivity contribution in [2.24, 2.45) is 5.41 Å². The van der Waals surface area contributed by atoms with Gasteiger partial charge >= 0.3 is 0 Å². The van der Waals surface area contributed by atoms with Crippen LogP contribution in [0, 0.1) is 5.41 Å². The van der Waals surface area contributed by atoms with Gasteiger partial charge in [0.1, 0.15) is 0 Å². The van der Waals surface area contributed by atoms with Gasteiger partial charge in [0.2, 0.25) is 0 Å². The second kappa shape index (κ2) is 6.55. The van der Waals surface area contributed by atoms with E-state index in [1.807, 2.05) is 25.1 Å². The van der Waals surface area contributed by atoms with E-state index in [-0.39, 0.29) is 17.6 Å². The van der Waals surface area contributed by atoms with E-state index in [9.17, 15) is 5.11 Å². The van der Waals surface area contributed by atoms with E-state index in [1.165, 1.54) is 5.56 Å². The molecule has 0 saturated heterocycles. The minimum Gasteiger partial charge on any atom is -0.393 e. The molecule has 2 nitrogen and oxygen atoms in total. The van der Waals surface area contributed by atoms with Crippen LogP contribution in [0.15, 0.2) is 24.3 Å². The summed E-state index contributed by atoms with van der Waals surface area (Å²) in [4.78, 5) is 0. The normalized spacial score (nSPS) is 15.4. The highest BCUT2D eigenvalue weighted by molar-refractivity contribution is 6.30. The van der Waals surface area contributed by atoms with Crippen LogP contribution in [0.25, 0.3) is 0 Å². The summed E-state index contributed by atoms with van der Waals surface area (Å²) in [7, 11) is 0. The number of aliphatic hydroxyl groups is 1. The molecule has 18 heavy (non-hydrogen) atoms. The molecular formula is C15H24ClNO. The average molecular weight is 270 g/mol. The fourth-order valence-corrected chi connectivity index (χ4v) is 2.39. The first-order chi connectivity index (χ1) is 8.30. The SMILES string of the molecule is CC(O)CC(C)(C)CNC(C)c1cccc(Cl)c1. The maximum atomic E-state index is 9.46. The van der Waals surface area contributed by atoms with Crippen LogP contribution < -0.4 is 5.32 Å². The average Bonchev–Trinajstić information content (AvgIpc) is 2.24. The summed E-state index contributed by atoms with van der Waals surface area (Å²) in [5.74, 6) is 0. The Morgan fingerprint density at radius 2 is 2.00 bits per heavy atom. The third-order valence-electron chi connectivity index (χ3n) is 3.08. The van der Waals surface area contributed by atoms with E-state index in [2.05, 4.69) is 32.2 Å². The Morgan fingerprint density at radius 1 is 1.33 bits per heavy atom. The second-order valence-corrected chi connectivity index (χ2v) is 6.31. The molecule has 2 unspecified atom stereocenters. The Hall–Kier alpha value is -0.570. The highest BCUT2D eigenvalue weighted by Crippen LogP contribution is 2.23. The van der Waals surface area contributed by atoms with Crippen molar-refractivity contribution in [1.82, 2.24) is 5.32 Å². The molecule has 1 aromatic rings. The van der Waals surface area contributed by atoms with Crippen LogP contribution in [0.4, 0.5) is 0 Å². The summed E-state index contributed by atoms with van der Waals surface area (Å²) in [6.07, 6.45) is 0.533. The van der Waals surface area contributed by atoms with E-state index in [0.717, 1.165) is 18.0 Å².